The van der Waals surface area contributed by atoms with Crippen molar-refractivity contribution in [2.45, 2.75) is 37.1 Å². The predicted octanol–water partition coefficient (Wildman–Crippen LogP) is 4.47. The fourth-order valence-electron chi connectivity index (χ4n) is 4.19. The first-order valence-corrected chi connectivity index (χ1v) is 12.6. The molecule has 0 bridgehead atoms. The number of para-hydroxylation sites is 1. The molecular formula is C26H28N2O4S. The highest BCUT2D eigenvalue weighted by Crippen LogP contribution is 2.30. The van der Waals surface area contributed by atoms with Crippen LogP contribution in [0.25, 0.3) is 0 Å². The maximum atomic E-state index is 13.5. The van der Waals surface area contributed by atoms with Crippen LogP contribution < -0.4 is 14.4 Å². The molecule has 1 aliphatic rings. The molecule has 1 N–H and O–H groups in total. The van der Waals surface area contributed by atoms with Crippen molar-refractivity contribution in [1.29, 1.82) is 0 Å². The first-order valence-electron chi connectivity index (χ1n) is 11.2. The number of amides is 1. The average molecular weight is 465 g/mol. The molecule has 1 amide bonds. The summed E-state index contributed by atoms with van der Waals surface area (Å²) in [7, 11) is -3.97. The van der Waals surface area contributed by atoms with Gasteiger partial charge in [-0.15, -0.1) is 0 Å². The minimum atomic E-state index is -3.97. The molecule has 172 valence electrons. The average Bonchev–Trinajstić information content (AvgIpc) is 2.84. The SMILES string of the molecule is CCOc1ccc(S(=O)(=O)N(CC(=O)N[C@H]2CCCc3ccccc32)c2ccccc2)cc1. The molecule has 0 saturated carbocycles. The molecule has 6 nitrogen and oxygen atoms in total. The second-order valence-electron chi connectivity index (χ2n) is 7.96. The van der Waals surface area contributed by atoms with Gasteiger partial charge >= 0.3 is 0 Å². The van der Waals surface area contributed by atoms with E-state index in [1.165, 1.54) is 17.7 Å². The van der Waals surface area contributed by atoms with Crippen molar-refractivity contribution in [2.24, 2.45) is 0 Å². The summed E-state index contributed by atoms with van der Waals surface area (Å²) in [6.45, 7) is 2.05. The van der Waals surface area contributed by atoms with Crippen LogP contribution in [0.15, 0.2) is 83.8 Å². The number of anilines is 1. The van der Waals surface area contributed by atoms with Gasteiger partial charge in [0.25, 0.3) is 10.0 Å². The zero-order valence-electron chi connectivity index (χ0n) is 18.6. The van der Waals surface area contributed by atoms with Gasteiger partial charge in [0, 0.05) is 0 Å². The van der Waals surface area contributed by atoms with Crippen LogP contribution in [-0.2, 0) is 21.2 Å². The van der Waals surface area contributed by atoms with Crippen molar-refractivity contribution in [3.05, 3.63) is 90.0 Å². The van der Waals surface area contributed by atoms with E-state index in [1.54, 1.807) is 36.4 Å². The molecule has 3 aromatic carbocycles. The Morgan fingerprint density at radius 2 is 1.70 bits per heavy atom. The topological polar surface area (TPSA) is 75.7 Å². The quantitative estimate of drug-likeness (QED) is 0.534. The third-order valence-corrected chi connectivity index (χ3v) is 7.55. The zero-order chi connectivity index (χ0) is 23.3. The Hall–Kier alpha value is -3.32. The Morgan fingerprint density at radius 3 is 2.42 bits per heavy atom. The van der Waals surface area contributed by atoms with E-state index in [1.807, 2.05) is 31.2 Å². The molecule has 0 saturated heterocycles. The van der Waals surface area contributed by atoms with Crippen LogP contribution >= 0.6 is 0 Å². The summed E-state index contributed by atoms with van der Waals surface area (Å²) < 4.78 is 33.6. The number of nitrogens with one attached hydrogen (secondary N) is 1. The van der Waals surface area contributed by atoms with E-state index in [0.717, 1.165) is 29.1 Å². The molecule has 1 atom stereocenters. The van der Waals surface area contributed by atoms with Gasteiger partial charge in [-0.05, 0) is 73.7 Å². The minimum Gasteiger partial charge on any atom is -0.494 e. The van der Waals surface area contributed by atoms with Crippen molar-refractivity contribution >= 4 is 21.6 Å². The highest BCUT2D eigenvalue weighted by Gasteiger charge is 2.29. The maximum Gasteiger partial charge on any atom is 0.264 e. The van der Waals surface area contributed by atoms with Gasteiger partial charge in [0.1, 0.15) is 12.3 Å². The van der Waals surface area contributed by atoms with E-state index in [-0.39, 0.29) is 23.4 Å². The van der Waals surface area contributed by atoms with Gasteiger partial charge in [0.2, 0.25) is 5.91 Å². The molecule has 0 aliphatic heterocycles. The van der Waals surface area contributed by atoms with E-state index in [4.69, 9.17) is 4.74 Å². The highest BCUT2D eigenvalue weighted by atomic mass is 32.2. The molecule has 0 radical (unpaired) electrons. The lowest BCUT2D eigenvalue weighted by molar-refractivity contribution is -0.120. The van der Waals surface area contributed by atoms with E-state index < -0.39 is 10.0 Å². The first kappa shape index (κ1) is 22.9. The number of carbonyl (C=O) groups is 1. The fraction of sp³-hybridized carbons (Fsp3) is 0.269. The summed E-state index contributed by atoms with van der Waals surface area (Å²) in [5.74, 6) is 0.256. The number of hydrogen-bond donors (Lipinski definition) is 1. The van der Waals surface area contributed by atoms with Crippen LogP contribution in [0.3, 0.4) is 0 Å². The lowest BCUT2D eigenvalue weighted by Crippen LogP contribution is -2.42. The highest BCUT2D eigenvalue weighted by molar-refractivity contribution is 7.92. The van der Waals surface area contributed by atoms with Gasteiger partial charge in [-0.2, -0.15) is 0 Å². The number of benzene rings is 3. The maximum absolute atomic E-state index is 13.5. The van der Waals surface area contributed by atoms with Crippen LogP contribution in [0.1, 0.15) is 36.9 Å². The van der Waals surface area contributed by atoms with E-state index >= 15 is 0 Å². The Morgan fingerprint density at radius 1 is 1.00 bits per heavy atom. The smallest absolute Gasteiger partial charge is 0.264 e. The predicted molar refractivity (Wildman–Crippen MR) is 129 cm³/mol. The summed E-state index contributed by atoms with van der Waals surface area (Å²) in [5, 5.41) is 3.06. The van der Waals surface area contributed by atoms with Crippen LogP contribution in [0.2, 0.25) is 0 Å². The van der Waals surface area contributed by atoms with Crippen LogP contribution in [-0.4, -0.2) is 27.5 Å². The molecule has 0 fully saturated rings. The van der Waals surface area contributed by atoms with Gasteiger partial charge in [-0.3, -0.25) is 9.10 Å². The largest absolute Gasteiger partial charge is 0.494 e. The van der Waals surface area contributed by atoms with Crippen molar-refractivity contribution in [3.8, 4) is 5.75 Å². The standard InChI is InChI=1S/C26H28N2O4S/c1-2-32-22-15-17-23(18-16-22)33(30,31)28(21-11-4-3-5-12-21)19-26(29)27-25-14-8-10-20-9-6-7-13-24(20)25/h3-7,9,11-13,15-18,25H,2,8,10,14,19H2,1H3,(H,27,29)/t25-/m0/s1. The number of aryl methyl sites for hydroxylation is 1. The molecule has 4 rings (SSSR count). The monoisotopic (exact) mass is 464 g/mol. The molecular weight excluding hydrogens is 436 g/mol. The number of sulfonamides is 1. The number of ether oxygens (including phenoxy) is 1. The minimum absolute atomic E-state index is 0.102. The van der Waals surface area contributed by atoms with Gasteiger partial charge in [0.05, 0.1) is 23.2 Å². The normalized spacial score (nSPS) is 15.4. The Bertz CT molecular complexity index is 1190. The molecule has 7 heteroatoms. The van der Waals surface area contributed by atoms with E-state index in [9.17, 15) is 13.2 Å². The lowest BCUT2D eigenvalue weighted by Gasteiger charge is -2.28. The van der Waals surface area contributed by atoms with Crippen molar-refractivity contribution in [1.82, 2.24) is 5.32 Å². The van der Waals surface area contributed by atoms with Crippen LogP contribution in [0, 0.1) is 0 Å². The summed E-state index contributed by atoms with van der Waals surface area (Å²) in [6.07, 6.45) is 2.80. The molecule has 0 aromatic heterocycles. The number of nitrogens with zero attached hydrogens (tertiary/aromatic N) is 1. The summed E-state index contributed by atoms with van der Waals surface area (Å²) >= 11 is 0. The zero-order valence-corrected chi connectivity index (χ0v) is 19.4. The molecule has 0 spiro atoms. The Labute approximate surface area is 195 Å². The summed E-state index contributed by atoms with van der Waals surface area (Å²) in [5.41, 5.74) is 2.78. The van der Waals surface area contributed by atoms with Crippen molar-refractivity contribution < 1.29 is 17.9 Å². The van der Waals surface area contributed by atoms with Crippen LogP contribution in [0.5, 0.6) is 5.75 Å². The molecule has 3 aromatic rings. The van der Waals surface area contributed by atoms with Crippen molar-refractivity contribution in [3.63, 3.8) is 0 Å². The fourth-order valence-corrected chi connectivity index (χ4v) is 5.61. The Balaban J connectivity index is 1.59. The number of carbonyl (C=O) groups excluding carboxylic acids is 1. The third-order valence-electron chi connectivity index (χ3n) is 5.76. The summed E-state index contributed by atoms with van der Waals surface area (Å²) in [4.78, 5) is 13.2. The second kappa shape index (κ2) is 10.1. The molecule has 33 heavy (non-hydrogen) atoms. The number of fused-ring (bicyclic) bond motifs is 1. The van der Waals surface area contributed by atoms with Gasteiger partial charge < -0.3 is 10.1 Å². The van der Waals surface area contributed by atoms with E-state index in [2.05, 4.69) is 11.4 Å². The van der Waals surface area contributed by atoms with Gasteiger partial charge in [0.15, 0.2) is 0 Å². The molecule has 0 unspecified atom stereocenters. The number of hydrogen-bond acceptors (Lipinski definition) is 4. The van der Waals surface area contributed by atoms with Gasteiger partial charge in [-0.25, -0.2) is 8.42 Å². The third kappa shape index (κ3) is 5.20. The Kier molecular flexibility index (Phi) is 6.99. The van der Waals surface area contributed by atoms with Gasteiger partial charge in [-0.1, -0.05) is 42.5 Å². The van der Waals surface area contributed by atoms with Crippen LogP contribution in [0.4, 0.5) is 5.69 Å². The number of rotatable bonds is 8. The first-order chi connectivity index (χ1) is 16.0. The lowest BCUT2D eigenvalue weighted by atomic mass is 9.88. The summed E-state index contributed by atoms with van der Waals surface area (Å²) in [6, 6.07) is 22.9. The molecule has 1 aliphatic carbocycles. The van der Waals surface area contributed by atoms with E-state index in [0.29, 0.717) is 18.0 Å². The molecule has 0 heterocycles. The van der Waals surface area contributed by atoms with Crippen molar-refractivity contribution in [2.75, 3.05) is 17.5 Å². The second-order valence-corrected chi connectivity index (χ2v) is 9.83.